The van der Waals surface area contributed by atoms with E-state index in [9.17, 15) is 4.79 Å². The number of aromatic nitrogens is 4. The van der Waals surface area contributed by atoms with Crippen molar-refractivity contribution in [1.82, 2.24) is 30.4 Å². The molecule has 0 saturated carbocycles. The molecule has 0 bridgehead atoms. The Hall–Kier alpha value is -1.54. The molecule has 1 N–H and O–H groups in total. The van der Waals surface area contributed by atoms with Crippen LogP contribution in [-0.4, -0.2) is 69.4 Å². The quantitative estimate of drug-likeness (QED) is 0.777. The van der Waals surface area contributed by atoms with E-state index in [2.05, 4.69) is 25.7 Å². The fourth-order valence-electron chi connectivity index (χ4n) is 3.06. The first kappa shape index (κ1) is 14.4. The normalized spacial score (nSPS) is 26.3. The second-order valence-electron chi connectivity index (χ2n) is 5.72. The van der Waals surface area contributed by atoms with Crippen LogP contribution in [0.5, 0.6) is 0 Å². The third kappa shape index (κ3) is 3.38. The molecule has 2 saturated heterocycles. The van der Waals surface area contributed by atoms with E-state index < -0.39 is 0 Å². The third-order valence-corrected chi connectivity index (χ3v) is 4.27. The molecule has 1 aromatic heterocycles. The minimum Gasteiger partial charge on any atom is -0.378 e. The van der Waals surface area contributed by atoms with Gasteiger partial charge in [-0.3, -0.25) is 9.69 Å². The third-order valence-electron chi connectivity index (χ3n) is 4.27. The average Bonchev–Trinajstić information content (AvgIpc) is 3.17. The van der Waals surface area contributed by atoms with Crippen molar-refractivity contribution in [2.24, 2.45) is 0 Å². The van der Waals surface area contributed by atoms with Gasteiger partial charge in [-0.25, -0.2) is 4.68 Å². The zero-order valence-electron chi connectivity index (χ0n) is 12.4. The molecule has 0 spiro atoms. The highest BCUT2D eigenvalue weighted by atomic mass is 16.5. The van der Waals surface area contributed by atoms with Crippen LogP contribution in [0.4, 0.5) is 0 Å². The summed E-state index contributed by atoms with van der Waals surface area (Å²) < 4.78 is 7.20. The van der Waals surface area contributed by atoms with E-state index >= 15 is 0 Å². The van der Waals surface area contributed by atoms with Crippen LogP contribution in [0.15, 0.2) is 0 Å². The molecule has 1 aromatic rings. The lowest BCUT2D eigenvalue weighted by Crippen LogP contribution is -2.50. The maximum absolute atomic E-state index is 12.1. The van der Waals surface area contributed by atoms with Crippen molar-refractivity contribution in [2.45, 2.75) is 44.8 Å². The molecule has 8 nitrogen and oxygen atoms in total. The van der Waals surface area contributed by atoms with Crippen molar-refractivity contribution in [3.63, 3.8) is 0 Å². The number of hydrogen-bond acceptors (Lipinski definition) is 6. The van der Waals surface area contributed by atoms with Gasteiger partial charge in [-0.05, 0) is 43.3 Å². The van der Waals surface area contributed by atoms with Gasteiger partial charge in [0.15, 0.2) is 0 Å². The van der Waals surface area contributed by atoms with Crippen LogP contribution in [0.1, 0.15) is 25.1 Å². The fourth-order valence-corrected chi connectivity index (χ4v) is 3.06. The Morgan fingerprint density at radius 3 is 2.90 bits per heavy atom. The van der Waals surface area contributed by atoms with Crippen molar-refractivity contribution in [2.75, 3.05) is 26.3 Å². The highest BCUT2D eigenvalue weighted by Gasteiger charge is 2.35. The van der Waals surface area contributed by atoms with Gasteiger partial charge in [-0.15, -0.1) is 5.10 Å². The molecule has 2 fully saturated rings. The Morgan fingerprint density at radius 2 is 2.19 bits per heavy atom. The summed E-state index contributed by atoms with van der Waals surface area (Å²) in [5.41, 5.74) is 0. The summed E-state index contributed by atoms with van der Waals surface area (Å²) in [4.78, 5) is 14.5. The average molecular weight is 294 g/mol. The van der Waals surface area contributed by atoms with Crippen LogP contribution >= 0.6 is 0 Å². The Labute approximate surface area is 123 Å². The van der Waals surface area contributed by atoms with E-state index in [1.54, 1.807) is 4.68 Å². The molecule has 1 amide bonds. The highest BCUT2D eigenvalue weighted by Crippen LogP contribution is 2.19. The molecule has 0 unspecified atom stereocenters. The Bertz CT molecular complexity index is 485. The molecule has 8 heteroatoms. The highest BCUT2D eigenvalue weighted by molar-refractivity contribution is 5.76. The lowest BCUT2D eigenvalue weighted by molar-refractivity contribution is -0.122. The van der Waals surface area contributed by atoms with Crippen molar-refractivity contribution >= 4 is 5.91 Å². The van der Waals surface area contributed by atoms with E-state index in [-0.39, 0.29) is 11.9 Å². The first-order valence-electron chi connectivity index (χ1n) is 7.58. The van der Waals surface area contributed by atoms with Gasteiger partial charge in [-0.1, -0.05) is 0 Å². The van der Waals surface area contributed by atoms with Crippen LogP contribution in [-0.2, 0) is 16.1 Å². The van der Waals surface area contributed by atoms with Crippen molar-refractivity contribution in [3.8, 4) is 0 Å². The summed E-state index contributed by atoms with van der Waals surface area (Å²) >= 11 is 0. The van der Waals surface area contributed by atoms with E-state index in [0.29, 0.717) is 25.6 Å². The minimum atomic E-state index is 0.0320. The SMILES string of the molecule is Cc1nnnn1CCC(=O)N[C@@H]1COC[C@H]1N1CCCC1. The number of hydrogen-bond donors (Lipinski definition) is 1. The van der Waals surface area contributed by atoms with Crippen LogP contribution < -0.4 is 5.32 Å². The largest absolute Gasteiger partial charge is 0.378 e. The standard InChI is InChI=1S/C13H22N6O2/c1-10-15-16-17-19(10)7-4-13(20)14-11-8-21-9-12(11)18-5-2-3-6-18/h11-12H,2-9H2,1H3,(H,14,20)/t11-,12-/m1/s1. The number of aryl methyl sites for hydroxylation is 2. The first-order valence-corrected chi connectivity index (χ1v) is 7.58. The summed E-state index contributed by atoms with van der Waals surface area (Å²) in [5.74, 6) is 0.756. The zero-order chi connectivity index (χ0) is 14.7. The van der Waals surface area contributed by atoms with Gasteiger partial charge in [0.2, 0.25) is 5.91 Å². The number of tetrazole rings is 1. The summed E-state index contributed by atoms with van der Waals surface area (Å²) in [5, 5.41) is 14.3. The number of amides is 1. The van der Waals surface area contributed by atoms with E-state index in [4.69, 9.17) is 4.74 Å². The maximum atomic E-state index is 12.1. The van der Waals surface area contributed by atoms with Crippen molar-refractivity contribution < 1.29 is 9.53 Å². The predicted molar refractivity (Wildman–Crippen MR) is 74.5 cm³/mol. The van der Waals surface area contributed by atoms with Crippen LogP contribution in [0.2, 0.25) is 0 Å². The molecule has 3 heterocycles. The number of carbonyl (C=O) groups is 1. The van der Waals surface area contributed by atoms with Gasteiger partial charge in [-0.2, -0.15) is 0 Å². The number of carbonyl (C=O) groups excluding carboxylic acids is 1. The molecule has 2 atom stereocenters. The number of rotatable bonds is 5. The summed E-state index contributed by atoms with van der Waals surface area (Å²) in [6.07, 6.45) is 2.88. The van der Waals surface area contributed by atoms with Crippen LogP contribution in [0, 0.1) is 6.92 Å². The Balaban J connectivity index is 1.48. The second kappa shape index (κ2) is 6.48. The predicted octanol–water partition coefficient (Wildman–Crippen LogP) is -0.649. The van der Waals surface area contributed by atoms with Gasteiger partial charge in [0.05, 0.1) is 31.8 Å². The molecule has 0 aromatic carbocycles. The summed E-state index contributed by atoms with van der Waals surface area (Å²) in [6, 6.07) is 0.428. The van der Waals surface area contributed by atoms with Crippen LogP contribution in [0.25, 0.3) is 0 Å². The lowest BCUT2D eigenvalue weighted by atomic mass is 10.1. The maximum Gasteiger partial charge on any atom is 0.222 e. The molecule has 3 rings (SSSR count). The van der Waals surface area contributed by atoms with Crippen LogP contribution in [0.3, 0.4) is 0 Å². The Morgan fingerprint density at radius 1 is 1.38 bits per heavy atom. The molecule has 116 valence electrons. The van der Waals surface area contributed by atoms with E-state index in [1.165, 1.54) is 12.8 Å². The molecule has 2 aliphatic heterocycles. The first-order chi connectivity index (χ1) is 10.2. The topological polar surface area (TPSA) is 85.2 Å². The van der Waals surface area contributed by atoms with Gasteiger partial charge >= 0.3 is 0 Å². The molecule has 21 heavy (non-hydrogen) atoms. The summed E-state index contributed by atoms with van der Waals surface area (Å²) in [7, 11) is 0. The monoisotopic (exact) mass is 294 g/mol. The number of ether oxygens (including phenoxy) is 1. The fraction of sp³-hybridized carbons (Fsp3) is 0.846. The van der Waals surface area contributed by atoms with Crippen molar-refractivity contribution in [3.05, 3.63) is 5.82 Å². The molecule has 0 radical (unpaired) electrons. The summed E-state index contributed by atoms with van der Waals surface area (Å²) in [6.45, 7) is 5.89. The second-order valence-corrected chi connectivity index (χ2v) is 5.72. The number of nitrogens with zero attached hydrogens (tertiary/aromatic N) is 5. The van der Waals surface area contributed by atoms with E-state index in [0.717, 1.165) is 25.5 Å². The van der Waals surface area contributed by atoms with Gasteiger partial charge in [0.25, 0.3) is 0 Å². The molecule has 0 aliphatic carbocycles. The Kier molecular flexibility index (Phi) is 4.45. The lowest BCUT2D eigenvalue weighted by Gasteiger charge is -2.27. The number of nitrogens with one attached hydrogen (secondary N) is 1. The molecule has 2 aliphatic rings. The van der Waals surface area contributed by atoms with E-state index in [1.807, 2.05) is 6.92 Å². The molecular weight excluding hydrogens is 272 g/mol. The zero-order valence-corrected chi connectivity index (χ0v) is 12.4. The van der Waals surface area contributed by atoms with Gasteiger partial charge in [0.1, 0.15) is 5.82 Å². The minimum absolute atomic E-state index is 0.0320. The van der Waals surface area contributed by atoms with Gasteiger partial charge in [0, 0.05) is 6.42 Å². The van der Waals surface area contributed by atoms with Gasteiger partial charge < -0.3 is 10.1 Å². The molecular formula is C13H22N6O2. The van der Waals surface area contributed by atoms with Crippen molar-refractivity contribution in [1.29, 1.82) is 0 Å². The number of likely N-dealkylation sites (tertiary alicyclic amines) is 1. The smallest absolute Gasteiger partial charge is 0.222 e.